The number of hydrogen-bond acceptors (Lipinski definition) is 9. The van der Waals surface area contributed by atoms with Crippen LogP contribution in [-0.2, 0) is 11.2 Å². The lowest BCUT2D eigenvalue weighted by Gasteiger charge is -2.28. The van der Waals surface area contributed by atoms with E-state index < -0.39 is 0 Å². The maximum atomic E-state index is 12.8. The van der Waals surface area contributed by atoms with E-state index in [4.69, 9.17) is 19.8 Å². The molecule has 2 saturated heterocycles. The fourth-order valence-electron chi connectivity index (χ4n) is 5.79. The van der Waals surface area contributed by atoms with Crippen molar-refractivity contribution in [2.24, 2.45) is 0 Å². The molecule has 12 heteroatoms. The summed E-state index contributed by atoms with van der Waals surface area (Å²) in [4.78, 5) is 27.2. The molecule has 4 aromatic rings. The molecule has 0 spiro atoms. The number of hydrogen-bond donors (Lipinski definition) is 4. The number of urea groups is 1. The third-order valence-corrected chi connectivity index (χ3v) is 8.34. The molecule has 45 heavy (non-hydrogen) atoms. The molecule has 238 valence electrons. The number of nitrogens with one attached hydrogen (secondary N) is 4. The first-order valence-electron chi connectivity index (χ1n) is 15.9. The van der Waals surface area contributed by atoms with Crippen LogP contribution in [0.5, 0.6) is 0 Å². The summed E-state index contributed by atoms with van der Waals surface area (Å²) in [5.41, 5.74) is 4.40. The molecule has 2 aromatic carbocycles. The average molecular weight is 613 g/mol. The van der Waals surface area contributed by atoms with Gasteiger partial charge < -0.3 is 35.8 Å². The van der Waals surface area contributed by atoms with Crippen molar-refractivity contribution >= 4 is 34.3 Å². The molecule has 0 aliphatic carbocycles. The molecule has 0 radical (unpaired) electrons. The Morgan fingerprint density at radius 3 is 2.33 bits per heavy atom. The number of fused-ring (bicyclic) bond motifs is 1. The van der Waals surface area contributed by atoms with Gasteiger partial charge in [0.05, 0.1) is 30.8 Å². The van der Waals surface area contributed by atoms with Crippen molar-refractivity contribution in [2.45, 2.75) is 25.3 Å². The van der Waals surface area contributed by atoms with E-state index in [0.717, 1.165) is 93.2 Å². The predicted octanol–water partition coefficient (Wildman–Crippen LogP) is 3.59. The zero-order valence-electron chi connectivity index (χ0n) is 26.3. The Hall–Kier alpha value is -4.10. The molecule has 4 heterocycles. The first kappa shape index (κ1) is 30.9. The lowest BCUT2D eigenvalue weighted by Crippen LogP contribution is -2.37. The van der Waals surface area contributed by atoms with E-state index in [9.17, 15) is 4.79 Å². The Balaban J connectivity index is 1.12. The van der Waals surface area contributed by atoms with Crippen LogP contribution in [0, 0.1) is 0 Å². The van der Waals surface area contributed by atoms with Gasteiger partial charge in [0, 0.05) is 43.1 Å². The number of likely N-dealkylation sites (N-methyl/N-ethyl adjacent to an activating group) is 1. The SMILES string of the molecule is CN(C)CCNCCc1ccc(NC(=O)Nc2ccc(-c3nc(N4CCOCC4)c4cnn(C5CCNCC5)c4n3)cc2)cc1. The van der Waals surface area contributed by atoms with Crippen LogP contribution in [0.2, 0.25) is 0 Å². The van der Waals surface area contributed by atoms with Gasteiger partial charge in [-0.25, -0.2) is 19.4 Å². The predicted molar refractivity (Wildman–Crippen MR) is 179 cm³/mol. The van der Waals surface area contributed by atoms with E-state index in [0.29, 0.717) is 30.8 Å². The smallest absolute Gasteiger partial charge is 0.323 e. The molecule has 2 fully saturated rings. The Morgan fingerprint density at radius 1 is 0.956 bits per heavy atom. The molecule has 0 atom stereocenters. The monoisotopic (exact) mass is 612 g/mol. The second-order valence-corrected chi connectivity index (χ2v) is 11.9. The van der Waals surface area contributed by atoms with Crippen molar-refractivity contribution in [1.29, 1.82) is 0 Å². The molecule has 0 saturated carbocycles. The average Bonchev–Trinajstić information content (AvgIpc) is 3.50. The number of morpholine rings is 1. The molecular weight excluding hydrogens is 568 g/mol. The first-order valence-corrected chi connectivity index (χ1v) is 15.9. The molecule has 2 aliphatic rings. The van der Waals surface area contributed by atoms with Crippen LogP contribution in [0.25, 0.3) is 22.4 Å². The highest BCUT2D eigenvalue weighted by Gasteiger charge is 2.24. The highest BCUT2D eigenvalue weighted by molar-refractivity contribution is 5.99. The summed E-state index contributed by atoms with van der Waals surface area (Å²) in [6.45, 7) is 7.76. The number of amides is 2. The summed E-state index contributed by atoms with van der Waals surface area (Å²) in [5, 5.41) is 18.5. The van der Waals surface area contributed by atoms with Crippen molar-refractivity contribution in [3.63, 3.8) is 0 Å². The Bertz CT molecular complexity index is 1540. The highest BCUT2D eigenvalue weighted by atomic mass is 16.5. The summed E-state index contributed by atoms with van der Waals surface area (Å²) in [5.74, 6) is 1.54. The number of piperidine rings is 1. The summed E-state index contributed by atoms with van der Waals surface area (Å²) < 4.78 is 7.69. The van der Waals surface area contributed by atoms with Gasteiger partial charge in [-0.3, -0.25) is 0 Å². The highest BCUT2D eigenvalue weighted by Crippen LogP contribution is 2.31. The van der Waals surface area contributed by atoms with E-state index in [-0.39, 0.29) is 6.03 Å². The summed E-state index contributed by atoms with van der Waals surface area (Å²) in [6, 6.07) is 15.7. The van der Waals surface area contributed by atoms with Crippen molar-refractivity contribution in [3.8, 4) is 11.4 Å². The van der Waals surface area contributed by atoms with Gasteiger partial charge in [0.25, 0.3) is 0 Å². The number of carbonyl (C=O) groups excluding carboxylic acids is 1. The third kappa shape index (κ3) is 7.95. The lowest BCUT2D eigenvalue weighted by atomic mass is 10.1. The fraction of sp³-hybridized carbons (Fsp3) is 0.455. The first-order chi connectivity index (χ1) is 22.0. The van der Waals surface area contributed by atoms with E-state index in [1.165, 1.54) is 5.56 Å². The standard InChI is InChI=1S/C33H44N10O2/c1-41(2)18-17-35-14-11-24-3-7-26(8-4-24)37-33(44)38-27-9-5-25(6-10-27)30-39-31(42-19-21-45-22-20-42)29-23-36-43(32(29)40-30)28-12-15-34-16-13-28/h3-10,23,28,34-35H,11-22H2,1-2H3,(H2,37,38,44). The Labute approximate surface area is 264 Å². The largest absolute Gasteiger partial charge is 0.378 e. The molecule has 6 rings (SSSR count). The molecule has 2 aromatic heterocycles. The van der Waals surface area contributed by atoms with Gasteiger partial charge in [0.1, 0.15) is 5.82 Å². The van der Waals surface area contributed by atoms with Gasteiger partial charge in [0.15, 0.2) is 11.5 Å². The fourth-order valence-corrected chi connectivity index (χ4v) is 5.79. The number of nitrogens with zero attached hydrogens (tertiary/aromatic N) is 6. The van der Waals surface area contributed by atoms with Gasteiger partial charge >= 0.3 is 6.03 Å². The zero-order valence-corrected chi connectivity index (χ0v) is 26.3. The van der Waals surface area contributed by atoms with E-state index in [1.54, 1.807) is 0 Å². The number of anilines is 3. The lowest BCUT2D eigenvalue weighted by molar-refractivity contribution is 0.122. The molecule has 2 aliphatic heterocycles. The van der Waals surface area contributed by atoms with Crippen LogP contribution in [-0.4, -0.2) is 104 Å². The summed E-state index contributed by atoms with van der Waals surface area (Å²) in [7, 11) is 4.15. The van der Waals surface area contributed by atoms with Crippen molar-refractivity contribution in [2.75, 3.05) is 88.7 Å². The Kier molecular flexibility index (Phi) is 10.2. The Morgan fingerprint density at radius 2 is 1.64 bits per heavy atom. The number of aromatic nitrogens is 4. The number of ether oxygens (including phenoxy) is 1. The minimum absolute atomic E-state index is 0.293. The minimum Gasteiger partial charge on any atom is -0.378 e. The summed E-state index contributed by atoms with van der Waals surface area (Å²) in [6.07, 6.45) is 4.89. The molecule has 4 N–H and O–H groups in total. The van der Waals surface area contributed by atoms with Gasteiger partial charge in [0.2, 0.25) is 0 Å². The molecule has 2 amide bonds. The number of benzene rings is 2. The van der Waals surface area contributed by atoms with Crippen LogP contribution in [0.3, 0.4) is 0 Å². The van der Waals surface area contributed by atoms with Crippen LogP contribution in [0.15, 0.2) is 54.7 Å². The minimum atomic E-state index is -0.293. The van der Waals surface area contributed by atoms with Crippen LogP contribution >= 0.6 is 0 Å². The molecule has 0 bridgehead atoms. The van der Waals surface area contributed by atoms with E-state index in [2.05, 4.69) is 62.0 Å². The maximum Gasteiger partial charge on any atom is 0.323 e. The second kappa shape index (κ2) is 14.8. The third-order valence-electron chi connectivity index (χ3n) is 8.34. The zero-order chi connectivity index (χ0) is 31.0. The maximum absolute atomic E-state index is 12.8. The van der Waals surface area contributed by atoms with Crippen LogP contribution in [0.4, 0.5) is 22.0 Å². The number of carbonyl (C=O) groups is 1. The van der Waals surface area contributed by atoms with Crippen molar-refractivity contribution in [3.05, 3.63) is 60.3 Å². The van der Waals surface area contributed by atoms with Crippen LogP contribution in [0.1, 0.15) is 24.4 Å². The van der Waals surface area contributed by atoms with Crippen LogP contribution < -0.4 is 26.2 Å². The van der Waals surface area contributed by atoms with Gasteiger partial charge in [-0.1, -0.05) is 12.1 Å². The second-order valence-electron chi connectivity index (χ2n) is 11.9. The van der Waals surface area contributed by atoms with Gasteiger partial charge in [-0.15, -0.1) is 0 Å². The van der Waals surface area contributed by atoms with E-state index in [1.807, 2.05) is 42.6 Å². The summed E-state index contributed by atoms with van der Waals surface area (Å²) >= 11 is 0. The normalized spacial score (nSPS) is 15.9. The van der Waals surface area contributed by atoms with Crippen molar-refractivity contribution in [1.82, 2.24) is 35.3 Å². The molecule has 12 nitrogen and oxygen atoms in total. The molecule has 0 unspecified atom stereocenters. The quantitative estimate of drug-likeness (QED) is 0.188. The van der Waals surface area contributed by atoms with Gasteiger partial charge in [-0.05, 0) is 95.0 Å². The number of rotatable bonds is 11. The van der Waals surface area contributed by atoms with Gasteiger partial charge in [-0.2, -0.15) is 5.10 Å². The van der Waals surface area contributed by atoms with E-state index >= 15 is 0 Å². The topological polar surface area (TPSA) is 124 Å². The van der Waals surface area contributed by atoms with Crippen molar-refractivity contribution < 1.29 is 9.53 Å². The molecular formula is C33H44N10O2.